The van der Waals surface area contributed by atoms with Crippen LogP contribution < -0.4 is 5.32 Å². The first-order valence-electron chi connectivity index (χ1n) is 11.0. The minimum Gasteiger partial charge on any atom is -0.305 e. The molecule has 9 nitrogen and oxygen atoms in total. The quantitative estimate of drug-likeness (QED) is 0.736. The number of sulfone groups is 1. The molecule has 1 atom stereocenters. The van der Waals surface area contributed by atoms with Gasteiger partial charge in [0.1, 0.15) is 11.5 Å². The molecule has 0 spiro atoms. The summed E-state index contributed by atoms with van der Waals surface area (Å²) in [6, 6.07) is 9.14. The van der Waals surface area contributed by atoms with Crippen molar-refractivity contribution in [2.75, 3.05) is 16.8 Å². The third-order valence-corrected chi connectivity index (χ3v) is 7.59. The summed E-state index contributed by atoms with van der Waals surface area (Å²) < 4.78 is 25.4. The topological polar surface area (TPSA) is 114 Å². The van der Waals surface area contributed by atoms with Crippen LogP contribution in [0, 0.1) is 6.92 Å². The lowest BCUT2D eigenvalue weighted by Crippen LogP contribution is -2.42. The molecule has 2 amide bonds. The van der Waals surface area contributed by atoms with Crippen LogP contribution in [0.5, 0.6) is 0 Å². The number of aromatic nitrogens is 2. The Bertz CT molecular complexity index is 1240. The van der Waals surface area contributed by atoms with Crippen LogP contribution in [0.25, 0.3) is 5.69 Å². The molecule has 1 N–H and O–H groups in total. The maximum Gasteiger partial charge on any atom is 0.273 e. The molecule has 0 radical (unpaired) electrons. The van der Waals surface area contributed by atoms with Gasteiger partial charge in [-0.2, -0.15) is 10.2 Å². The summed E-state index contributed by atoms with van der Waals surface area (Å²) in [5.41, 5.74) is 2.67. The zero-order valence-electron chi connectivity index (χ0n) is 19.3. The van der Waals surface area contributed by atoms with Gasteiger partial charge in [-0.25, -0.2) is 18.1 Å². The first-order chi connectivity index (χ1) is 15.4. The average molecular weight is 472 g/mol. The monoisotopic (exact) mass is 471 g/mol. The van der Waals surface area contributed by atoms with E-state index in [0.717, 1.165) is 16.9 Å². The molecule has 1 aromatic carbocycles. The number of hydrogen-bond donors (Lipinski definition) is 1. The summed E-state index contributed by atoms with van der Waals surface area (Å²) >= 11 is 0. The highest BCUT2D eigenvalue weighted by molar-refractivity contribution is 7.91. The maximum absolute atomic E-state index is 13.1. The normalized spacial score (nSPS) is 20.6. The number of anilines is 1. The molecule has 0 aliphatic carbocycles. The molecule has 176 valence electrons. The number of nitrogens with one attached hydrogen (secondary N) is 1. The molecule has 2 aliphatic heterocycles. The van der Waals surface area contributed by atoms with E-state index in [2.05, 4.69) is 10.4 Å². The molecule has 2 aromatic rings. The fraction of sp³-hybridized carbons (Fsp3) is 0.478. The summed E-state index contributed by atoms with van der Waals surface area (Å²) in [4.78, 5) is 25.5. The maximum atomic E-state index is 13.1. The largest absolute Gasteiger partial charge is 0.305 e. The highest BCUT2D eigenvalue weighted by Crippen LogP contribution is 2.27. The number of aryl methyl sites for hydroxylation is 1. The van der Waals surface area contributed by atoms with E-state index in [4.69, 9.17) is 5.10 Å². The lowest BCUT2D eigenvalue weighted by Gasteiger charge is -2.27. The third-order valence-electron chi connectivity index (χ3n) is 5.84. The van der Waals surface area contributed by atoms with E-state index >= 15 is 0 Å². The number of hydrogen-bond acceptors (Lipinski definition) is 6. The van der Waals surface area contributed by atoms with Gasteiger partial charge in [0.25, 0.3) is 5.91 Å². The van der Waals surface area contributed by atoms with Crippen LogP contribution in [0.4, 0.5) is 5.82 Å². The van der Waals surface area contributed by atoms with Crippen LogP contribution in [0.15, 0.2) is 35.4 Å². The van der Waals surface area contributed by atoms with Gasteiger partial charge in [0.05, 0.1) is 28.9 Å². The first-order valence-corrected chi connectivity index (χ1v) is 12.8. The van der Waals surface area contributed by atoms with Crippen LogP contribution >= 0.6 is 0 Å². The van der Waals surface area contributed by atoms with Crippen LogP contribution in [-0.2, 0) is 24.8 Å². The summed E-state index contributed by atoms with van der Waals surface area (Å²) in [5.74, 6) is -0.267. The Hall–Kier alpha value is -3.01. The van der Waals surface area contributed by atoms with Gasteiger partial charge in [0.2, 0.25) is 5.91 Å². The third kappa shape index (κ3) is 5.00. The smallest absolute Gasteiger partial charge is 0.273 e. The second-order valence-electron chi connectivity index (χ2n) is 9.71. The highest BCUT2D eigenvalue weighted by Gasteiger charge is 2.37. The Kier molecular flexibility index (Phi) is 5.90. The SMILES string of the molecule is Cc1cccc(-n2nc(C(C)(C)C)cc2NC(=O)C2=NN(C3CCS(=O)(=O)C3)C(=O)CC2)c1. The van der Waals surface area contributed by atoms with Crippen LogP contribution in [0.2, 0.25) is 0 Å². The van der Waals surface area contributed by atoms with Gasteiger partial charge in [-0.3, -0.25) is 9.59 Å². The minimum atomic E-state index is -3.18. The summed E-state index contributed by atoms with van der Waals surface area (Å²) in [6.45, 7) is 8.13. The number of amides is 2. The number of hydrazone groups is 1. The highest BCUT2D eigenvalue weighted by atomic mass is 32.2. The van der Waals surface area contributed by atoms with Gasteiger partial charge >= 0.3 is 0 Å². The van der Waals surface area contributed by atoms with Crippen molar-refractivity contribution in [3.63, 3.8) is 0 Å². The summed E-state index contributed by atoms with van der Waals surface area (Å²) in [7, 11) is -3.18. The minimum absolute atomic E-state index is 0.0315. The molecular formula is C23H29N5O4S. The second kappa shape index (κ2) is 8.40. The Morgan fingerprint density at radius 1 is 1.18 bits per heavy atom. The summed E-state index contributed by atoms with van der Waals surface area (Å²) in [5, 5.41) is 13.1. The molecule has 3 heterocycles. The lowest BCUT2D eigenvalue weighted by atomic mass is 9.92. The van der Waals surface area contributed by atoms with E-state index in [-0.39, 0.29) is 41.4 Å². The second-order valence-corrected chi connectivity index (χ2v) is 11.9. The summed E-state index contributed by atoms with van der Waals surface area (Å²) in [6.07, 6.45) is 0.653. The molecule has 33 heavy (non-hydrogen) atoms. The molecular weight excluding hydrogens is 442 g/mol. The lowest BCUT2D eigenvalue weighted by molar-refractivity contribution is -0.133. The predicted molar refractivity (Wildman–Crippen MR) is 126 cm³/mol. The molecule has 1 fully saturated rings. The van der Waals surface area contributed by atoms with Crippen LogP contribution in [0.3, 0.4) is 0 Å². The zero-order chi connectivity index (χ0) is 24.0. The van der Waals surface area contributed by atoms with E-state index in [9.17, 15) is 18.0 Å². The van der Waals surface area contributed by atoms with Crippen LogP contribution in [-0.4, -0.2) is 58.3 Å². The van der Waals surface area contributed by atoms with Crippen molar-refractivity contribution in [3.8, 4) is 5.69 Å². The number of benzene rings is 1. The van der Waals surface area contributed by atoms with E-state index in [1.807, 2.05) is 58.0 Å². The Morgan fingerprint density at radius 2 is 1.94 bits per heavy atom. The standard InChI is InChI=1S/C23H29N5O4S/c1-15-6-5-7-16(12-15)27-20(13-19(26-27)23(2,3)4)24-22(30)18-8-9-21(29)28(25-18)17-10-11-33(31,32)14-17/h5-7,12-13,17H,8-11,14H2,1-4H3,(H,24,30). The van der Waals surface area contributed by atoms with Gasteiger partial charge in [-0.15, -0.1) is 0 Å². The number of nitrogens with zero attached hydrogens (tertiary/aromatic N) is 4. The van der Waals surface area contributed by atoms with Crippen molar-refractivity contribution in [3.05, 3.63) is 41.6 Å². The van der Waals surface area contributed by atoms with Crippen molar-refractivity contribution in [1.29, 1.82) is 0 Å². The Balaban J connectivity index is 1.63. The van der Waals surface area contributed by atoms with E-state index in [0.29, 0.717) is 12.2 Å². The van der Waals surface area contributed by atoms with Gasteiger partial charge in [0.15, 0.2) is 9.84 Å². The van der Waals surface area contributed by atoms with Gasteiger partial charge in [-0.05, 0) is 31.0 Å². The average Bonchev–Trinajstić information content (AvgIpc) is 3.31. The van der Waals surface area contributed by atoms with Crippen molar-refractivity contribution < 1.29 is 18.0 Å². The van der Waals surface area contributed by atoms with Crippen molar-refractivity contribution in [2.24, 2.45) is 5.10 Å². The fourth-order valence-corrected chi connectivity index (χ4v) is 5.66. The van der Waals surface area contributed by atoms with Crippen molar-refractivity contribution in [1.82, 2.24) is 14.8 Å². The number of carbonyl (C=O) groups is 2. The van der Waals surface area contributed by atoms with Crippen LogP contribution in [0.1, 0.15) is 51.3 Å². The molecule has 1 unspecified atom stereocenters. The molecule has 4 rings (SSSR count). The van der Waals surface area contributed by atoms with Gasteiger partial charge in [0, 0.05) is 24.3 Å². The first kappa shape index (κ1) is 23.2. The van der Waals surface area contributed by atoms with Crippen molar-refractivity contribution >= 4 is 33.2 Å². The van der Waals surface area contributed by atoms with Gasteiger partial charge in [-0.1, -0.05) is 32.9 Å². The Labute approximate surface area is 193 Å². The number of rotatable bonds is 4. The Morgan fingerprint density at radius 3 is 2.58 bits per heavy atom. The van der Waals surface area contributed by atoms with Gasteiger partial charge < -0.3 is 5.32 Å². The van der Waals surface area contributed by atoms with E-state index < -0.39 is 21.8 Å². The fourth-order valence-electron chi connectivity index (χ4n) is 3.97. The zero-order valence-corrected chi connectivity index (χ0v) is 20.1. The van der Waals surface area contributed by atoms with E-state index in [1.54, 1.807) is 4.68 Å². The predicted octanol–water partition coefficient (Wildman–Crippen LogP) is 2.58. The molecule has 1 saturated heterocycles. The molecule has 0 bridgehead atoms. The number of carbonyl (C=O) groups excluding carboxylic acids is 2. The van der Waals surface area contributed by atoms with E-state index in [1.165, 1.54) is 5.01 Å². The molecule has 0 saturated carbocycles. The van der Waals surface area contributed by atoms with Crippen molar-refractivity contribution in [2.45, 2.75) is 58.4 Å². The molecule has 2 aliphatic rings. The molecule has 10 heteroatoms. The molecule has 1 aromatic heterocycles.